The first-order valence-electron chi connectivity index (χ1n) is 5.98. The lowest BCUT2D eigenvalue weighted by atomic mass is 9.63. The summed E-state index contributed by atoms with van der Waals surface area (Å²) in [5, 5.41) is 19.2. The van der Waals surface area contributed by atoms with Crippen molar-refractivity contribution in [2.45, 2.75) is 63.9 Å². The highest BCUT2D eigenvalue weighted by Crippen LogP contribution is 2.65. The molecule has 4 atom stereocenters. The predicted octanol–water partition coefficient (Wildman–Crippen LogP) is 1.63. The van der Waals surface area contributed by atoms with Gasteiger partial charge >= 0.3 is 0 Å². The summed E-state index contributed by atoms with van der Waals surface area (Å²) in [5.41, 5.74) is -0.666. The van der Waals surface area contributed by atoms with E-state index in [-0.39, 0.29) is 22.7 Å². The number of rotatable bonds is 2. The van der Waals surface area contributed by atoms with Crippen molar-refractivity contribution in [3.63, 3.8) is 0 Å². The number of hydrogen-bond acceptors (Lipinski definition) is 3. The van der Waals surface area contributed by atoms with Crippen molar-refractivity contribution in [1.29, 1.82) is 0 Å². The summed E-state index contributed by atoms with van der Waals surface area (Å²) in [7, 11) is 0. The second kappa shape index (κ2) is 3.31. The molecule has 92 valence electrons. The Morgan fingerprint density at radius 1 is 1.31 bits per heavy atom. The van der Waals surface area contributed by atoms with Gasteiger partial charge in [0, 0.05) is 11.8 Å². The van der Waals surface area contributed by atoms with Gasteiger partial charge in [-0.1, -0.05) is 26.0 Å². The van der Waals surface area contributed by atoms with Crippen LogP contribution in [0.5, 0.6) is 0 Å². The Bertz CT molecular complexity index is 321. The van der Waals surface area contributed by atoms with Crippen LogP contribution in [0.1, 0.15) is 40.5 Å². The molecule has 0 bridgehead atoms. The molecule has 0 aromatic heterocycles. The van der Waals surface area contributed by atoms with Crippen LogP contribution in [-0.4, -0.2) is 33.6 Å². The molecule has 2 rings (SSSR count). The molecule has 0 spiro atoms. The molecule has 0 radical (unpaired) electrons. The van der Waals surface area contributed by atoms with Crippen molar-refractivity contribution in [3.05, 3.63) is 12.2 Å². The van der Waals surface area contributed by atoms with E-state index in [1.807, 2.05) is 13.0 Å². The van der Waals surface area contributed by atoms with Gasteiger partial charge in [-0.25, -0.2) is 0 Å². The molecule has 3 heteroatoms. The zero-order valence-electron chi connectivity index (χ0n) is 10.5. The number of epoxide rings is 1. The highest BCUT2D eigenvalue weighted by atomic mass is 16.6. The summed E-state index contributed by atoms with van der Waals surface area (Å²) in [6.45, 7) is 8.01. The van der Waals surface area contributed by atoms with E-state index in [0.717, 1.165) is 6.42 Å². The molecule has 0 aromatic carbocycles. The van der Waals surface area contributed by atoms with Crippen LogP contribution in [0.25, 0.3) is 0 Å². The largest absolute Gasteiger partial charge is 0.393 e. The van der Waals surface area contributed by atoms with Gasteiger partial charge in [-0.15, -0.1) is 0 Å². The average Bonchev–Trinajstić information content (AvgIpc) is 2.67. The molecular formula is C13H22O3. The Morgan fingerprint density at radius 2 is 1.94 bits per heavy atom. The molecule has 2 aliphatic rings. The van der Waals surface area contributed by atoms with E-state index in [0.29, 0.717) is 6.42 Å². The standard InChI is InChI=1S/C13H22O3/c1-9(14)5-6-13-11(2,3)7-10(15)8-12(13,4)16-13/h5-6,9-10,14-15H,7-8H2,1-4H3/b6-5+/t9-,10+,12+,13-/m0/s1. The summed E-state index contributed by atoms with van der Waals surface area (Å²) < 4.78 is 5.93. The second-order valence-corrected chi connectivity index (χ2v) is 6.11. The maximum Gasteiger partial charge on any atom is 0.121 e. The smallest absolute Gasteiger partial charge is 0.121 e. The molecule has 3 nitrogen and oxygen atoms in total. The molecule has 1 saturated carbocycles. The van der Waals surface area contributed by atoms with Crippen molar-refractivity contribution in [2.75, 3.05) is 0 Å². The van der Waals surface area contributed by atoms with E-state index in [2.05, 4.69) is 13.8 Å². The van der Waals surface area contributed by atoms with Crippen molar-refractivity contribution in [1.82, 2.24) is 0 Å². The Labute approximate surface area is 97.1 Å². The summed E-state index contributed by atoms with van der Waals surface area (Å²) >= 11 is 0. The van der Waals surface area contributed by atoms with Crippen LogP contribution in [0.3, 0.4) is 0 Å². The fourth-order valence-corrected chi connectivity index (χ4v) is 3.35. The van der Waals surface area contributed by atoms with Crippen LogP contribution in [0, 0.1) is 5.41 Å². The molecule has 2 N–H and O–H groups in total. The lowest BCUT2D eigenvalue weighted by Crippen LogP contribution is -2.46. The van der Waals surface area contributed by atoms with Gasteiger partial charge in [-0.2, -0.15) is 0 Å². The molecule has 1 heterocycles. The Morgan fingerprint density at radius 3 is 2.44 bits per heavy atom. The first-order chi connectivity index (χ1) is 7.22. The van der Waals surface area contributed by atoms with E-state index in [9.17, 15) is 10.2 Å². The molecular weight excluding hydrogens is 204 g/mol. The second-order valence-electron chi connectivity index (χ2n) is 6.11. The number of ether oxygens (including phenoxy) is 1. The number of aliphatic hydroxyl groups excluding tert-OH is 2. The maximum atomic E-state index is 9.85. The van der Waals surface area contributed by atoms with Gasteiger partial charge in [0.05, 0.1) is 12.2 Å². The van der Waals surface area contributed by atoms with E-state index in [4.69, 9.17) is 4.74 Å². The number of aliphatic hydroxyl groups is 2. The Hall–Kier alpha value is -0.380. The van der Waals surface area contributed by atoms with E-state index in [1.165, 1.54) is 0 Å². The SMILES string of the molecule is C[C@H](O)/C=C/[C@@]12O[C@]1(C)C[C@H](O)CC2(C)C. The third-order valence-electron chi connectivity index (χ3n) is 4.12. The lowest BCUT2D eigenvalue weighted by molar-refractivity contribution is 0.0512. The molecule has 16 heavy (non-hydrogen) atoms. The zero-order valence-corrected chi connectivity index (χ0v) is 10.5. The van der Waals surface area contributed by atoms with Crippen LogP contribution in [0.15, 0.2) is 12.2 Å². The van der Waals surface area contributed by atoms with Gasteiger partial charge in [-0.3, -0.25) is 0 Å². The van der Waals surface area contributed by atoms with Gasteiger partial charge in [0.2, 0.25) is 0 Å². The fourth-order valence-electron chi connectivity index (χ4n) is 3.35. The monoisotopic (exact) mass is 226 g/mol. The molecule has 0 aromatic rings. The summed E-state index contributed by atoms with van der Waals surface area (Å²) in [5.74, 6) is 0. The van der Waals surface area contributed by atoms with Gasteiger partial charge in [0.25, 0.3) is 0 Å². The van der Waals surface area contributed by atoms with Crippen LogP contribution < -0.4 is 0 Å². The first-order valence-corrected chi connectivity index (χ1v) is 5.98. The summed E-state index contributed by atoms with van der Waals surface area (Å²) in [4.78, 5) is 0. The van der Waals surface area contributed by atoms with Crippen molar-refractivity contribution >= 4 is 0 Å². The minimum absolute atomic E-state index is 0.0925. The zero-order chi connectivity index (χ0) is 12.2. The Kier molecular flexibility index (Phi) is 2.50. The van der Waals surface area contributed by atoms with Crippen LogP contribution in [0.2, 0.25) is 0 Å². The van der Waals surface area contributed by atoms with Gasteiger partial charge in [-0.05, 0) is 20.3 Å². The van der Waals surface area contributed by atoms with Gasteiger partial charge < -0.3 is 14.9 Å². The van der Waals surface area contributed by atoms with Crippen LogP contribution in [-0.2, 0) is 4.74 Å². The molecule has 1 saturated heterocycles. The third-order valence-corrected chi connectivity index (χ3v) is 4.12. The normalized spacial score (nSPS) is 47.8. The highest BCUT2D eigenvalue weighted by Gasteiger charge is 2.74. The minimum Gasteiger partial charge on any atom is -0.393 e. The van der Waals surface area contributed by atoms with Crippen molar-refractivity contribution in [3.8, 4) is 0 Å². The van der Waals surface area contributed by atoms with Crippen LogP contribution >= 0.6 is 0 Å². The molecule has 1 aliphatic carbocycles. The van der Waals surface area contributed by atoms with E-state index < -0.39 is 6.10 Å². The Balaban J connectivity index is 2.28. The first kappa shape index (κ1) is 12.1. The number of fused-ring (bicyclic) bond motifs is 1. The molecule has 1 aliphatic heterocycles. The quantitative estimate of drug-likeness (QED) is 0.556. The predicted molar refractivity (Wildman–Crippen MR) is 62.1 cm³/mol. The summed E-state index contributed by atoms with van der Waals surface area (Å²) in [6, 6.07) is 0. The highest BCUT2D eigenvalue weighted by molar-refractivity contribution is 5.32. The molecule has 0 unspecified atom stereocenters. The van der Waals surface area contributed by atoms with Gasteiger partial charge in [0.15, 0.2) is 0 Å². The third kappa shape index (κ3) is 1.53. The lowest BCUT2D eigenvalue weighted by Gasteiger charge is -2.39. The molecule has 2 fully saturated rings. The number of hydrogen-bond donors (Lipinski definition) is 2. The average molecular weight is 226 g/mol. The van der Waals surface area contributed by atoms with E-state index >= 15 is 0 Å². The van der Waals surface area contributed by atoms with Gasteiger partial charge in [0.1, 0.15) is 11.2 Å². The topological polar surface area (TPSA) is 53.0 Å². The minimum atomic E-state index is -0.453. The van der Waals surface area contributed by atoms with E-state index in [1.54, 1.807) is 13.0 Å². The maximum absolute atomic E-state index is 9.85. The molecule has 0 amide bonds. The van der Waals surface area contributed by atoms with Crippen molar-refractivity contribution < 1.29 is 14.9 Å². The van der Waals surface area contributed by atoms with Crippen molar-refractivity contribution in [2.24, 2.45) is 5.41 Å². The fraction of sp³-hybridized carbons (Fsp3) is 0.846. The van der Waals surface area contributed by atoms with Crippen LogP contribution in [0.4, 0.5) is 0 Å². The summed E-state index contributed by atoms with van der Waals surface area (Å²) in [6.07, 6.45) is 4.46.